The van der Waals surface area contributed by atoms with Gasteiger partial charge in [-0.15, -0.1) is 0 Å². The average molecular weight is 256 g/mol. The minimum absolute atomic E-state index is 0.374. The zero-order valence-electron chi connectivity index (χ0n) is 9.59. The lowest BCUT2D eigenvalue weighted by Crippen LogP contribution is -2.26. The van der Waals surface area contributed by atoms with Gasteiger partial charge in [0.1, 0.15) is 5.56 Å². The molecular weight excluding hydrogens is 248 g/mol. The Morgan fingerprint density at radius 3 is 2.79 bits per heavy atom. The van der Waals surface area contributed by atoms with Crippen molar-refractivity contribution in [1.29, 1.82) is 0 Å². The highest BCUT2D eigenvalue weighted by atomic mass is 16.4. The van der Waals surface area contributed by atoms with E-state index in [1.165, 1.54) is 9.20 Å². The first-order chi connectivity index (χ1) is 9.18. The number of aromatic carboxylic acids is 1. The predicted molar refractivity (Wildman–Crippen MR) is 65.5 cm³/mol. The number of aromatic nitrogens is 4. The van der Waals surface area contributed by atoms with Crippen molar-refractivity contribution in [2.75, 3.05) is 0 Å². The van der Waals surface area contributed by atoms with E-state index >= 15 is 0 Å². The van der Waals surface area contributed by atoms with Gasteiger partial charge >= 0.3 is 5.97 Å². The summed E-state index contributed by atoms with van der Waals surface area (Å²) in [6, 6.07) is 5.10. The zero-order valence-corrected chi connectivity index (χ0v) is 9.59. The smallest absolute Gasteiger partial charge is 0.343 e. The summed E-state index contributed by atoms with van der Waals surface area (Å²) in [5.41, 5.74) is 0.00971. The predicted octanol–water partition coefficient (Wildman–Crippen LogP) is 0.578. The molecule has 0 aliphatic carbocycles. The van der Waals surface area contributed by atoms with Gasteiger partial charge in [-0.25, -0.2) is 9.78 Å². The Morgan fingerprint density at radius 2 is 2.11 bits per heavy atom. The van der Waals surface area contributed by atoms with Crippen molar-refractivity contribution in [3.8, 4) is 5.69 Å². The SMILES string of the molecule is O=C(O)c1cnc2ccn(-c3cccnc3)n2c1=O. The van der Waals surface area contributed by atoms with Gasteiger partial charge in [0.15, 0.2) is 5.65 Å². The molecule has 0 bridgehead atoms. The van der Waals surface area contributed by atoms with Gasteiger partial charge in [0.2, 0.25) is 0 Å². The van der Waals surface area contributed by atoms with Crippen LogP contribution in [0.1, 0.15) is 10.4 Å². The standard InChI is InChI=1S/C12H8N4O3/c17-11-9(12(18)19)7-14-10-3-5-15(16(10)11)8-2-1-4-13-6-8/h1-7H,(H,18,19). The molecule has 0 radical (unpaired) electrons. The normalized spacial score (nSPS) is 10.7. The first-order valence-electron chi connectivity index (χ1n) is 5.41. The Kier molecular flexibility index (Phi) is 2.38. The van der Waals surface area contributed by atoms with E-state index in [1.807, 2.05) is 0 Å². The van der Waals surface area contributed by atoms with Crippen molar-refractivity contribution in [1.82, 2.24) is 19.2 Å². The zero-order chi connectivity index (χ0) is 13.4. The van der Waals surface area contributed by atoms with Gasteiger partial charge in [-0.2, -0.15) is 4.52 Å². The number of carbonyl (C=O) groups is 1. The van der Waals surface area contributed by atoms with Crippen LogP contribution in [0.15, 0.2) is 47.8 Å². The summed E-state index contributed by atoms with van der Waals surface area (Å²) in [5, 5.41) is 8.95. The Bertz CT molecular complexity index is 820. The van der Waals surface area contributed by atoms with Crippen molar-refractivity contribution in [2.24, 2.45) is 0 Å². The molecule has 7 nitrogen and oxygen atoms in total. The van der Waals surface area contributed by atoms with E-state index in [2.05, 4.69) is 9.97 Å². The number of pyridine rings is 1. The fourth-order valence-electron chi connectivity index (χ4n) is 1.82. The van der Waals surface area contributed by atoms with Crippen LogP contribution in [0.25, 0.3) is 11.3 Å². The Balaban J connectivity index is 2.37. The molecule has 0 aliphatic rings. The first-order valence-corrected chi connectivity index (χ1v) is 5.41. The van der Waals surface area contributed by atoms with Crippen LogP contribution in [0.3, 0.4) is 0 Å². The molecule has 0 unspecified atom stereocenters. The van der Waals surface area contributed by atoms with Crippen LogP contribution in [0, 0.1) is 0 Å². The molecule has 3 aromatic heterocycles. The third-order valence-corrected chi connectivity index (χ3v) is 2.69. The van der Waals surface area contributed by atoms with Crippen molar-refractivity contribution in [3.63, 3.8) is 0 Å². The van der Waals surface area contributed by atoms with Crippen molar-refractivity contribution < 1.29 is 9.90 Å². The van der Waals surface area contributed by atoms with E-state index in [0.29, 0.717) is 11.3 Å². The second kappa shape index (κ2) is 4.05. The number of rotatable bonds is 2. The van der Waals surface area contributed by atoms with Crippen LogP contribution in [-0.4, -0.2) is 30.2 Å². The van der Waals surface area contributed by atoms with Crippen molar-refractivity contribution in [3.05, 3.63) is 58.9 Å². The quantitative estimate of drug-likeness (QED) is 0.724. The molecular formula is C12H8N4O3. The molecule has 0 saturated carbocycles. The van der Waals surface area contributed by atoms with Crippen LogP contribution in [-0.2, 0) is 0 Å². The molecule has 19 heavy (non-hydrogen) atoms. The lowest BCUT2D eigenvalue weighted by atomic mass is 10.3. The third kappa shape index (κ3) is 1.68. The molecule has 0 saturated heterocycles. The van der Waals surface area contributed by atoms with Gasteiger partial charge in [-0.05, 0) is 12.1 Å². The highest BCUT2D eigenvalue weighted by Crippen LogP contribution is 2.07. The van der Waals surface area contributed by atoms with Gasteiger partial charge in [-0.3, -0.25) is 14.5 Å². The first kappa shape index (κ1) is 11.1. The molecule has 94 valence electrons. The fraction of sp³-hybridized carbons (Fsp3) is 0. The van der Waals surface area contributed by atoms with Gasteiger partial charge in [0, 0.05) is 24.7 Å². The lowest BCUT2D eigenvalue weighted by molar-refractivity contribution is 0.0694. The van der Waals surface area contributed by atoms with Crippen LogP contribution < -0.4 is 5.56 Å². The number of nitrogens with zero attached hydrogens (tertiary/aromatic N) is 4. The summed E-state index contributed by atoms with van der Waals surface area (Å²) < 4.78 is 2.70. The highest BCUT2D eigenvalue weighted by Gasteiger charge is 2.14. The minimum Gasteiger partial charge on any atom is -0.477 e. The summed E-state index contributed by atoms with van der Waals surface area (Å²) in [4.78, 5) is 31.0. The highest BCUT2D eigenvalue weighted by molar-refractivity contribution is 5.86. The monoisotopic (exact) mass is 256 g/mol. The van der Waals surface area contributed by atoms with E-state index in [-0.39, 0.29) is 5.56 Å². The van der Waals surface area contributed by atoms with Crippen LogP contribution in [0.2, 0.25) is 0 Å². The molecule has 7 heteroatoms. The third-order valence-electron chi connectivity index (χ3n) is 2.69. The molecule has 0 amide bonds. The number of carboxylic acids is 1. The molecule has 1 N–H and O–H groups in total. The number of fused-ring (bicyclic) bond motifs is 1. The van der Waals surface area contributed by atoms with Crippen LogP contribution in [0.5, 0.6) is 0 Å². The molecule has 0 aliphatic heterocycles. The fourth-order valence-corrected chi connectivity index (χ4v) is 1.82. The Morgan fingerprint density at radius 1 is 1.26 bits per heavy atom. The largest absolute Gasteiger partial charge is 0.477 e. The second-order valence-electron chi connectivity index (χ2n) is 3.82. The summed E-state index contributed by atoms with van der Waals surface area (Å²) in [6.45, 7) is 0. The van der Waals surface area contributed by atoms with Gasteiger partial charge in [0.05, 0.1) is 11.9 Å². The van der Waals surface area contributed by atoms with Crippen LogP contribution in [0.4, 0.5) is 0 Å². The molecule has 3 heterocycles. The maximum Gasteiger partial charge on any atom is 0.343 e. The van der Waals surface area contributed by atoms with E-state index in [4.69, 9.17) is 5.11 Å². The summed E-state index contributed by atoms with van der Waals surface area (Å²) in [6.07, 6.45) is 5.87. The maximum atomic E-state index is 12.1. The molecule has 0 atom stereocenters. The Hall–Kier alpha value is -2.96. The minimum atomic E-state index is -1.30. The van der Waals surface area contributed by atoms with E-state index in [0.717, 1.165) is 6.20 Å². The summed E-state index contributed by atoms with van der Waals surface area (Å²) in [5.74, 6) is -1.30. The van der Waals surface area contributed by atoms with E-state index in [1.54, 1.807) is 36.8 Å². The lowest BCUT2D eigenvalue weighted by Gasteiger charge is -2.05. The average Bonchev–Trinajstić information content (AvgIpc) is 2.84. The molecule has 0 spiro atoms. The summed E-state index contributed by atoms with van der Waals surface area (Å²) >= 11 is 0. The molecule has 3 rings (SSSR count). The topological polar surface area (TPSA) is 89.5 Å². The van der Waals surface area contributed by atoms with Gasteiger partial charge < -0.3 is 5.11 Å². The number of hydrogen-bond donors (Lipinski definition) is 1. The van der Waals surface area contributed by atoms with Crippen LogP contribution >= 0.6 is 0 Å². The van der Waals surface area contributed by atoms with Crippen molar-refractivity contribution >= 4 is 11.6 Å². The molecule has 0 fully saturated rings. The van der Waals surface area contributed by atoms with E-state index in [9.17, 15) is 9.59 Å². The second-order valence-corrected chi connectivity index (χ2v) is 3.82. The summed E-state index contributed by atoms with van der Waals surface area (Å²) in [7, 11) is 0. The maximum absolute atomic E-state index is 12.1. The van der Waals surface area contributed by atoms with Gasteiger partial charge in [0.25, 0.3) is 5.56 Å². The van der Waals surface area contributed by atoms with E-state index < -0.39 is 11.5 Å². The van der Waals surface area contributed by atoms with Gasteiger partial charge in [-0.1, -0.05) is 0 Å². The molecule has 3 aromatic rings. The Labute approximate surface area is 106 Å². The number of hydrogen-bond acceptors (Lipinski definition) is 4. The van der Waals surface area contributed by atoms with Crippen molar-refractivity contribution in [2.45, 2.75) is 0 Å². The molecule has 0 aromatic carbocycles. The number of carboxylic acid groups (broad SMARTS) is 1.